The van der Waals surface area contributed by atoms with Crippen LogP contribution in [0.2, 0.25) is 0 Å². The summed E-state index contributed by atoms with van der Waals surface area (Å²) in [4.78, 5) is 13.9. The Morgan fingerprint density at radius 1 is 1.11 bits per heavy atom. The Morgan fingerprint density at radius 2 is 1.86 bits per heavy atom. The van der Waals surface area contributed by atoms with Crippen LogP contribution in [0.4, 0.5) is 4.79 Å². The molecule has 2 heterocycles. The van der Waals surface area contributed by atoms with Crippen molar-refractivity contribution in [1.82, 2.24) is 9.47 Å². The van der Waals surface area contributed by atoms with Crippen molar-refractivity contribution in [3.05, 3.63) is 89.7 Å². The maximum atomic E-state index is 11.5. The second-order valence-corrected chi connectivity index (χ2v) is 10.0. The molecule has 36 heavy (non-hydrogen) atoms. The van der Waals surface area contributed by atoms with Gasteiger partial charge in [-0.15, -0.1) is 0 Å². The Hall–Kier alpha value is -3.31. The fraction of sp³-hybridized carbons (Fsp3) is 0.387. The first-order chi connectivity index (χ1) is 17.4. The molecule has 1 unspecified atom stereocenters. The monoisotopic (exact) mass is 488 g/mol. The predicted molar refractivity (Wildman–Crippen MR) is 149 cm³/mol. The summed E-state index contributed by atoms with van der Waals surface area (Å²) in [6.45, 7) is 7.42. The molecule has 0 saturated carbocycles. The van der Waals surface area contributed by atoms with E-state index < -0.39 is 6.16 Å². The number of benzene rings is 2. The number of fused-ring (bicyclic) bond motifs is 1. The number of ether oxygens (including phenoxy) is 2. The number of carbonyl (C=O) groups is 1. The van der Waals surface area contributed by atoms with Crippen LogP contribution in [0.1, 0.15) is 51.6 Å². The molecule has 1 atom stereocenters. The van der Waals surface area contributed by atoms with Crippen LogP contribution in [-0.2, 0) is 11.3 Å². The Morgan fingerprint density at radius 3 is 2.50 bits per heavy atom. The zero-order valence-electron chi connectivity index (χ0n) is 21.9. The summed E-state index contributed by atoms with van der Waals surface area (Å²) in [6.07, 6.45) is 11.8. The summed E-state index contributed by atoms with van der Waals surface area (Å²) in [5.41, 5.74) is 5.27. The molecular weight excluding hydrogens is 448 g/mol. The molecule has 1 fully saturated rings. The molecule has 5 heteroatoms. The highest BCUT2D eigenvalue weighted by atomic mass is 16.7. The topological polar surface area (TPSA) is 43.7 Å². The lowest BCUT2D eigenvalue weighted by Gasteiger charge is -2.28. The van der Waals surface area contributed by atoms with Gasteiger partial charge in [0.25, 0.3) is 0 Å². The highest BCUT2D eigenvalue weighted by Gasteiger charge is 2.23. The van der Waals surface area contributed by atoms with Crippen molar-refractivity contribution in [3.8, 4) is 5.75 Å². The minimum atomic E-state index is -0.691. The highest BCUT2D eigenvalue weighted by molar-refractivity contribution is 5.86. The van der Waals surface area contributed by atoms with Crippen molar-refractivity contribution in [1.29, 1.82) is 0 Å². The summed E-state index contributed by atoms with van der Waals surface area (Å²) in [5, 5.41) is 1.16. The maximum absolute atomic E-state index is 11.5. The zero-order chi connectivity index (χ0) is 25.5. The second-order valence-electron chi connectivity index (χ2n) is 10.0. The molecule has 1 aliphatic carbocycles. The molecule has 0 amide bonds. The summed E-state index contributed by atoms with van der Waals surface area (Å²) in [6, 6.07) is 16.3. The van der Waals surface area contributed by atoms with E-state index in [0.29, 0.717) is 17.6 Å². The van der Waals surface area contributed by atoms with Crippen LogP contribution < -0.4 is 4.74 Å². The van der Waals surface area contributed by atoms with E-state index in [1.807, 2.05) is 24.3 Å². The molecule has 0 spiro atoms. The van der Waals surface area contributed by atoms with E-state index in [0.717, 1.165) is 49.8 Å². The predicted octanol–water partition coefficient (Wildman–Crippen LogP) is 7.42. The number of nitrogens with zero attached hydrogens (tertiary/aromatic N) is 2. The maximum Gasteiger partial charge on any atom is 0.513 e. The summed E-state index contributed by atoms with van der Waals surface area (Å²) >= 11 is 0. The zero-order valence-corrected chi connectivity index (χ0v) is 21.9. The quantitative estimate of drug-likeness (QED) is 0.218. The lowest BCUT2D eigenvalue weighted by Crippen LogP contribution is -2.29. The number of allylic oxidation sites excluding steroid dienone is 4. The van der Waals surface area contributed by atoms with Gasteiger partial charge in [0.05, 0.1) is 7.11 Å². The smallest absolute Gasteiger partial charge is 0.437 e. The van der Waals surface area contributed by atoms with Gasteiger partial charge in [-0.2, -0.15) is 0 Å². The standard InChI is InChI=1S/C23H26N2O3.C8H12.H2/c1-24-12-10-18(11-13-24)21-16-25(15-17-6-4-3-5-7-17)22-9-8-19(14-20(21)22)28-23(26)27-2;1-7-4-3-5-8(2)6-7;/h3-9,14,16,18H,10-13,15H2,1-2H3;3-4,6-7H,5H2,1-2H3;1H. The van der Waals surface area contributed by atoms with Gasteiger partial charge in [0.15, 0.2) is 0 Å². The number of likely N-dealkylation sites (tertiary alicyclic amines) is 1. The van der Waals surface area contributed by atoms with Gasteiger partial charge in [0, 0.05) is 25.1 Å². The molecular formula is C31H40N2O3. The first kappa shape index (κ1) is 25.8. The third-order valence-corrected chi connectivity index (χ3v) is 7.03. The average Bonchev–Trinajstić information content (AvgIpc) is 3.22. The Bertz CT molecular complexity index is 1220. The van der Waals surface area contributed by atoms with Crippen molar-refractivity contribution in [2.75, 3.05) is 27.2 Å². The van der Waals surface area contributed by atoms with E-state index in [4.69, 9.17) is 4.74 Å². The second kappa shape index (κ2) is 12.1. The van der Waals surface area contributed by atoms with E-state index in [-0.39, 0.29) is 1.43 Å². The SMILES string of the molecule is CC1=CC(C)C=CC1.COC(=O)Oc1ccc2c(c1)c(C1CCN(C)CC1)cn2Cc1ccccc1.[HH]. The van der Waals surface area contributed by atoms with Crippen LogP contribution in [0.15, 0.2) is 78.5 Å². The van der Waals surface area contributed by atoms with Gasteiger partial charge in [-0.1, -0.05) is 61.1 Å². The molecule has 1 aromatic heterocycles. The molecule has 1 aliphatic heterocycles. The average molecular weight is 489 g/mol. The number of piperidine rings is 1. The van der Waals surface area contributed by atoms with E-state index in [1.165, 1.54) is 23.8 Å². The molecule has 3 aromatic rings. The summed E-state index contributed by atoms with van der Waals surface area (Å²) < 4.78 is 12.2. The van der Waals surface area contributed by atoms with Crippen molar-refractivity contribution >= 4 is 17.1 Å². The fourth-order valence-electron chi connectivity index (χ4n) is 5.10. The molecule has 5 nitrogen and oxygen atoms in total. The summed E-state index contributed by atoms with van der Waals surface area (Å²) in [7, 11) is 3.50. The first-order valence-electron chi connectivity index (χ1n) is 12.9. The lowest BCUT2D eigenvalue weighted by atomic mass is 9.89. The number of hydrogen-bond donors (Lipinski definition) is 0. The van der Waals surface area contributed by atoms with E-state index >= 15 is 0 Å². The number of hydrogen-bond acceptors (Lipinski definition) is 4. The number of rotatable bonds is 4. The third kappa shape index (κ3) is 6.67. The molecule has 0 bridgehead atoms. The first-order valence-corrected chi connectivity index (χ1v) is 12.9. The number of methoxy groups -OCH3 is 1. The van der Waals surface area contributed by atoms with Gasteiger partial charge in [-0.25, -0.2) is 4.79 Å². The van der Waals surface area contributed by atoms with Gasteiger partial charge in [0.1, 0.15) is 5.75 Å². The Kier molecular flexibility index (Phi) is 8.65. The molecule has 2 aliphatic rings. The van der Waals surface area contributed by atoms with Crippen LogP contribution >= 0.6 is 0 Å². The molecule has 1 saturated heterocycles. The van der Waals surface area contributed by atoms with Gasteiger partial charge >= 0.3 is 6.16 Å². The van der Waals surface area contributed by atoms with Crippen LogP contribution in [0.5, 0.6) is 5.75 Å². The third-order valence-electron chi connectivity index (χ3n) is 7.03. The highest BCUT2D eigenvalue weighted by Crippen LogP contribution is 2.36. The normalized spacial score (nSPS) is 18.3. The summed E-state index contributed by atoms with van der Waals surface area (Å²) in [5.74, 6) is 1.71. The molecule has 192 valence electrons. The van der Waals surface area contributed by atoms with Crippen molar-refractivity contribution < 1.29 is 15.7 Å². The van der Waals surface area contributed by atoms with Crippen molar-refractivity contribution in [3.63, 3.8) is 0 Å². The molecule has 0 N–H and O–H groups in total. The minimum Gasteiger partial charge on any atom is -0.437 e. The lowest BCUT2D eigenvalue weighted by molar-refractivity contribution is 0.121. The Labute approximate surface area is 216 Å². The van der Waals surface area contributed by atoms with Crippen LogP contribution in [0.3, 0.4) is 0 Å². The van der Waals surface area contributed by atoms with E-state index in [9.17, 15) is 4.79 Å². The minimum absolute atomic E-state index is 0. The molecule has 2 aromatic carbocycles. The molecule has 5 rings (SSSR count). The van der Waals surface area contributed by atoms with Crippen LogP contribution in [0.25, 0.3) is 10.9 Å². The number of aromatic nitrogens is 1. The number of carbonyl (C=O) groups excluding carboxylic acids is 1. The molecule has 0 radical (unpaired) electrons. The van der Waals surface area contributed by atoms with Crippen LogP contribution in [-0.4, -0.2) is 42.9 Å². The largest absolute Gasteiger partial charge is 0.513 e. The van der Waals surface area contributed by atoms with Gasteiger partial charge in [-0.3, -0.25) is 0 Å². The van der Waals surface area contributed by atoms with Gasteiger partial charge in [0.2, 0.25) is 0 Å². The van der Waals surface area contributed by atoms with Crippen molar-refractivity contribution in [2.45, 2.75) is 45.6 Å². The van der Waals surface area contributed by atoms with Gasteiger partial charge < -0.3 is 18.9 Å². The van der Waals surface area contributed by atoms with Crippen molar-refractivity contribution in [2.24, 2.45) is 5.92 Å². The van der Waals surface area contributed by atoms with E-state index in [1.54, 1.807) is 0 Å². The fourth-order valence-corrected chi connectivity index (χ4v) is 5.10. The Balaban J connectivity index is 0.000000363. The van der Waals surface area contributed by atoms with E-state index in [2.05, 4.69) is 83.8 Å². The van der Waals surface area contributed by atoms with Crippen LogP contribution in [0, 0.1) is 5.92 Å². The van der Waals surface area contributed by atoms with Gasteiger partial charge in [-0.05, 0) is 87.5 Å².